The van der Waals surface area contributed by atoms with E-state index in [1.54, 1.807) is 0 Å². The van der Waals surface area contributed by atoms with Crippen molar-refractivity contribution >= 4 is 29.9 Å². The fraction of sp³-hybridized carbons (Fsp3) is 0.708. The zero-order valence-electron chi connectivity index (χ0n) is 18.4. The van der Waals surface area contributed by atoms with Crippen LogP contribution in [0, 0.1) is 0 Å². The Bertz CT molecular complexity index is 669. The van der Waals surface area contributed by atoms with Crippen LogP contribution in [0.3, 0.4) is 0 Å². The monoisotopic (exact) mass is 526 g/mol. The summed E-state index contributed by atoms with van der Waals surface area (Å²) in [6.07, 6.45) is 10.6. The predicted molar refractivity (Wildman–Crippen MR) is 135 cm³/mol. The van der Waals surface area contributed by atoms with E-state index in [4.69, 9.17) is 9.73 Å². The molecule has 0 radical (unpaired) electrons. The second kappa shape index (κ2) is 12.1. The van der Waals surface area contributed by atoms with Gasteiger partial charge in [0.1, 0.15) is 5.75 Å². The van der Waals surface area contributed by atoms with Crippen molar-refractivity contribution < 1.29 is 4.74 Å². The van der Waals surface area contributed by atoms with Crippen LogP contribution in [0.2, 0.25) is 0 Å². The molecular weight excluding hydrogens is 487 g/mol. The molecule has 1 unspecified atom stereocenters. The molecule has 6 heteroatoms. The van der Waals surface area contributed by atoms with E-state index in [0.29, 0.717) is 12.0 Å². The van der Waals surface area contributed by atoms with Gasteiger partial charge in [-0.1, -0.05) is 37.5 Å². The van der Waals surface area contributed by atoms with Crippen LogP contribution < -0.4 is 15.4 Å². The second-order valence-corrected chi connectivity index (χ2v) is 8.84. The SMILES string of the molecule is CCNC(=NCC1CCOc2ccccc21)NC1CCN(C2CCCCC2)CC1.I. The summed E-state index contributed by atoms with van der Waals surface area (Å²) in [4.78, 5) is 7.71. The van der Waals surface area contributed by atoms with Gasteiger partial charge in [0.05, 0.1) is 6.61 Å². The van der Waals surface area contributed by atoms with Crippen LogP contribution in [-0.4, -0.2) is 55.7 Å². The zero-order chi connectivity index (χ0) is 19.9. The minimum atomic E-state index is 0. The Morgan fingerprint density at radius 2 is 1.83 bits per heavy atom. The predicted octanol–water partition coefficient (Wildman–Crippen LogP) is 4.52. The molecule has 0 amide bonds. The first-order valence-corrected chi connectivity index (χ1v) is 11.8. The molecule has 1 aliphatic carbocycles. The molecule has 1 aromatic carbocycles. The van der Waals surface area contributed by atoms with Gasteiger partial charge in [0.15, 0.2) is 5.96 Å². The molecule has 1 saturated carbocycles. The molecular formula is C24H39IN4O. The van der Waals surface area contributed by atoms with Crippen molar-refractivity contribution in [3.63, 3.8) is 0 Å². The molecule has 2 heterocycles. The van der Waals surface area contributed by atoms with Gasteiger partial charge in [-0.25, -0.2) is 0 Å². The molecule has 3 aliphatic rings. The van der Waals surface area contributed by atoms with Gasteiger partial charge in [-0.3, -0.25) is 4.99 Å². The van der Waals surface area contributed by atoms with Crippen molar-refractivity contribution in [2.45, 2.75) is 76.3 Å². The van der Waals surface area contributed by atoms with E-state index in [-0.39, 0.29) is 24.0 Å². The Morgan fingerprint density at radius 3 is 2.60 bits per heavy atom. The van der Waals surface area contributed by atoms with Crippen molar-refractivity contribution in [1.29, 1.82) is 0 Å². The molecule has 2 N–H and O–H groups in total. The highest BCUT2D eigenvalue weighted by molar-refractivity contribution is 14.0. The quantitative estimate of drug-likeness (QED) is 0.337. The molecule has 1 saturated heterocycles. The highest BCUT2D eigenvalue weighted by Crippen LogP contribution is 2.33. The summed E-state index contributed by atoms with van der Waals surface area (Å²) in [5, 5.41) is 7.19. The van der Waals surface area contributed by atoms with Gasteiger partial charge in [0, 0.05) is 44.2 Å². The molecule has 5 nitrogen and oxygen atoms in total. The molecule has 1 aromatic rings. The number of fused-ring (bicyclic) bond motifs is 1. The number of nitrogens with zero attached hydrogens (tertiary/aromatic N) is 2. The van der Waals surface area contributed by atoms with E-state index >= 15 is 0 Å². The number of hydrogen-bond acceptors (Lipinski definition) is 3. The molecule has 2 fully saturated rings. The number of ether oxygens (including phenoxy) is 1. The maximum atomic E-state index is 5.81. The van der Waals surface area contributed by atoms with E-state index in [0.717, 1.165) is 43.9 Å². The first-order chi connectivity index (χ1) is 14.3. The lowest BCUT2D eigenvalue weighted by molar-refractivity contribution is 0.119. The van der Waals surface area contributed by atoms with E-state index in [9.17, 15) is 0 Å². The number of likely N-dealkylation sites (tertiary alicyclic amines) is 1. The maximum Gasteiger partial charge on any atom is 0.191 e. The number of guanidine groups is 1. The minimum Gasteiger partial charge on any atom is -0.493 e. The number of para-hydroxylation sites is 1. The highest BCUT2D eigenvalue weighted by Gasteiger charge is 2.27. The smallest absolute Gasteiger partial charge is 0.191 e. The van der Waals surface area contributed by atoms with Crippen LogP contribution in [0.1, 0.15) is 69.8 Å². The summed E-state index contributed by atoms with van der Waals surface area (Å²) in [6, 6.07) is 9.81. The second-order valence-electron chi connectivity index (χ2n) is 8.84. The van der Waals surface area contributed by atoms with Gasteiger partial charge in [0.25, 0.3) is 0 Å². The van der Waals surface area contributed by atoms with Gasteiger partial charge >= 0.3 is 0 Å². The van der Waals surface area contributed by atoms with Crippen LogP contribution in [0.5, 0.6) is 5.75 Å². The molecule has 30 heavy (non-hydrogen) atoms. The average molecular weight is 527 g/mol. The van der Waals surface area contributed by atoms with Crippen LogP contribution in [0.15, 0.2) is 29.3 Å². The van der Waals surface area contributed by atoms with E-state index < -0.39 is 0 Å². The van der Waals surface area contributed by atoms with Crippen LogP contribution in [0.25, 0.3) is 0 Å². The fourth-order valence-electron chi connectivity index (χ4n) is 5.18. The summed E-state index contributed by atoms with van der Waals surface area (Å²) in [5.74, 6) is 2.46. The lowest BCUT2D eigenvalue weighted by Gasteiger charge is -2.39. The van der Waals surface area contributed by atoms with Crippen molar-refractivity contribution in [2.75, 3.05) is 32.8 Å². The summed E-state index contributed by atoms with van der Waals surface area (Å²) >= 11 is 0. The largest absolute Gasteiger partial charge is 0.493 e. The fourth-order valence-corrected chi connectivity index (χ4v) is 5.18. The van der Waals surface area contributed by atoms with E-state index in [1.807, 2.05) is 0 Å². The first kappa shape index (κ1) is 23.6. The van der Waals surface area contributed by atoms with E-state index in [1.165, 1.54) is 63.6 Å². The maximum absolute atomic E-state index is 5.81. The number of piperidine rings is 1. The summed E-state index contributed by atoms with van der Waals surface area (Å²) in [6.45, 7) is 7.12. The van der Waals surface area contributed by atoms with Gasteiger partial charge in [0.2, 0.25) is 0 Å². The highest BCUT2D eigenvalue weighted by atomic mass is 127. The number of nitrogens with one attached hydrogen (secondary N) is 2. The van der Waals surface area contributed by atoms with Gasteiger partial charge in [-0.05, 0) is 50.7 Å². The van der Waals surface area contributed by atoms with Crippen LogP contribution in [-0.2, 0) is 0 Å². The van der Waals surface area contributed by atoms with Crippen molar-refractivity contribution in [3.8, 4) is 5.75 Å². The lowest BCUT2D eigenvalue weighted by atomic mass is 9.92. The van der Waals surface area contributed by atoms with Crippen molar-refractivity contribution in [3.05, 3.63) is 29.8 Å². The minimum absolute atomic E-state index is 0. The summed E-state index contributed by atoms with van der Waals surface area (Å²) < 4.78 is 5.81. The summed E-state index contributed by atoms with van der Waals surface area (Å²) in [7, 11) is 0. The molecule has 0 bridgehead atoms. The van der Waals surface area contributed by atoms with Crippen LogP contribution in [0.4, 0.5) is 0 Å². The van der Waals surface area contributed by atoms with Gasteiger partial charge in [-0.15, -0.1) is 24.0 Å². The zero-order valence-corrected chi connectivity index (χ0v) is 20.8. The lowest BCUT2D eigenvalue weighted by Crippen LogP contribution is -2.51. The third kappa shape index (κ3) is 6.25. The molecule has 168 valence electrons. The number of rotatable bonds is 5. The molecule has 0 aromatic heterocycles. The molecule has 1 atom stereocenters. The van der Waals surface area contributed by atoms with Crippen molar-refractivity contribution in [1.82, 2.24) is 15.5 Å². The van der Waals surface area contributed by atoms with Gasteiger partial charge in [-0.2, -0.15) is 0 Å². The first-order valence-electron chi connectivity index (χ1n) is 11.8. The Balaban J connectivity index is 0.00000256. The van der Waals surface area contributed by atoms with Crippen molar-refractivity contribution in [2.24, 2.45) is 4.99 Å². The number of aliphatic imine (C=N–C) groups is 1. The molecule has 0 spiro atoms. The Morgan fingerprint density at radius 1 is 1.07 bits per heavy atom. The average Bonchev–Trinajstić information content (AvgIpc) is 2.79. The Kier molecular flexibility index (Phi) is 9.56. The third-order valence-electron chi connectivity index (χ3n) is 6.86. The number of benzene rings is 1. The molecule has 2 aliphatic heterocycles. The molecule has 4 rings (SSSR count). The normalized spacial score (nSPS) is 23.8. The number of halogens is 1. The van der Waals surface area contributed by atoms with Gasteiger partial charge < -0.3 is 20.3 Å². The van der Waals surface area contributed by atoms with E-state index in [2.05, 4.69) is 46.7 Å². The Hall–Kier alpha value is -1.02. The topological polar surface area (TPSA) is 48.9 Å². The number of hydrogen-bond donors (Lipinski definition) is 2. The summed E-state index contributed by atoms with van der Waals surface area (Å²) in [5.41, 5.74) is 1.30. The third-order valence-corrected chi connectivity index (χ3v) is 6.86. The Labute approximate surface area is 199 Å². The van der Waals surface area contributed by atoms with Crippen LogP contribution >= 0.6 is 24.0 Å². The standard InChI is InChI=1S/C24H38N4O.HI/c1-2-25-24(26-18-19-14-17-29-23-11-7-6-10-22(19)23)27-20-12-15-28(16-13-20)21-8-4-3-5-9-21;/h6-7,10-11,19-21H,2-5,8-9,12-18H2,1H3,(H2,25,26,27);1H.